The number of nitrogens with one attached hydrogen (secondary N) is 1. The number of hydrogen-bond acceptors (Lipinski definition) is 8. The largest absolute Gasteiger partial charge is 0.372 e. The Morgan fingerprint density at radius 3 is 2.41 bits per heavy atom. The number of carbonyl (C=O) groups excluding carboxylic acids is 1. The molecule has 4 aromatic rings. The molecule has 0 saturated heterocycles. The van der Waals surface area contributed by atoms with Gasteiger partial charge in [0.25, 0.3) is 5.91 Å². The highest BCUT2D eigenvalue weighted by atomic mass is 32.2. The van der Waals surface area contributed by atoms with Crippen LogP contribution in [-0.4, -0.2) is 44.0 Å². The fourth-order valence-electron chi connectivity index (χ4n) is 3.35. The van der Waals surface area contributed by atoms with E-state index < -0.39 is 0 Å². The van der Waals surface area contributed by atoms with Gasteiger partial charge in [-0.15, -0.1) is 20.4 Å². The first-order valence-electron chi connectivity index (χ1n) is 10.7. The van der Waals surface area contributed by atoms with Crippen molar-refractivity contribution < 1.29 is 9.18 Å². The van der Waals surface area contributed by atoms with E-state index in [4.69, 9.17) is 0 Å². The number of rotatable bonds is 9. The third kappa shape index (κ3) is 5.42. The molecule has 0 unspecified atom stereocenters. The van der Waals surface area contributed by atoms with Crippen molar-refractivity contribution in [3.8, 4) is 11.4 Å². The number of thioether (sulfide) groups is 1. The molecule has 4 rings (SSSR count). The first kappa shape index (κ1) is 23.8. The molecule has 176 valence electrons. The van der Waals surface area contributed by atoms with Crippen LogP contribution in [0.1, 0.15) is 28.7 Å². The van der Waals surface area contributed by atoms with E-state index in [0.717, 1.165) is 29.6 Å². The van der Waals surface area contributed by atoms with Gasteiger partial charge < -0.3 is 14.8 Å². The van der Waals surface area contributed by atoms with Crippen molar-refractivity contribution >= 4 is 40.4 Å². The lowest BCUT2D eigenvalue weighted by Crippen LogP contribution is -2.21. The van der Waals surface area contributed by atoms with Crippen LogP contribution in [0.4, 0.5) is 15.8 Å². The highest BCUT2D eigenvalue weighted by Gasteiger charge is 2.16. The second kappa shape index (κ2) is 10.7. The maximum absolute atomic E-state index is 13.0. The SMILES string of the molecule is CCN(CC)c1ccc(-c2nnc(SCc3nnc(C(=O)Nc4ccc(F)cc4)s3)n2C)cc1. The van der Waals surface area contributed by atoms with E-state index in [0.29, 0.717) is 16.4 Å². The summed E-state index contributed by atoms with van der Waals surface area (Å²) in [4.78, 5) is 14.7. The maximum atomic E-state index is 13.0. The first-order valence-corrected chi connectivity index (χ1v) is 12.6. The highest BCUT2D eigenvalue weighted by molar-refractivity contribution is 7.98. The van der Waals surface area contributed by atoms with Crippen molar-refractivity contribution in [2.75, 3.05) is 23.3 Å². The number of benzene rings is 2. The van der Waals surface area contributed by atoms with E-state index in [1.165, 1.54) is 53.1 Å². The molecule has 11 heteroatoms. The minimum Gasteiger partial charge on any atom is -0.372 e. The van der Waals surface area contributed by atoms with Crippen molar-refractivity contribution in [3.05, 3.63) is 64.4 Å². The van der Waals surface area contributed by atoms with Crippen LogP contribution < -0.4 is 10.2 Å². The van der Waals surface area contributed by atoms with Crippen molar-refractivity contribution in [2.45, 2.75) is 24.8 Å². The first-order chi connectivity index (χ1) is 16.5. The molecule has 2 heterocycles. The van der Waals surface area contributed by atoms with Crippen LogP contribution in [-0.2, 0) is 12.8 Å². The summed E-state index contributed by atoms with van der Waals surface area (Å²) in [5.74, 6) is 0.547. The molecule has 0 fully saturated rings. The Morgan fingerprint density at radius 1 is 1.03 bits per heavy atom. The summed E-state index contributed by atoms with van der Waals surface area (Å²) in [5.41, 5.74) is 2.67. The number of amides is 1. The number of aromatic nitrogens is 5. The van der Waals surface area contributed by atoms with Gasteiger partial charge in [0, 0.05) is 37.1 Å². The topological polar surface area (TPSA) is 88.8 Å². The van der Waals surface area contributed by atoms with E-state index in [-0.39, 0.29) is 16.7 Å². The van der Waals surface area contributed by atoms with Crippen molar-refractivity contribution in [3.63, 3.8) is 0 Å². The highest BCUT2D eigenvalue weighted by Crippen LogP contribution is 2.27. The fourth-order valence-corrected chi connectivity index (χ4v) is 4.98. The summed E-state index contributed by atoms with van der Waals surface area (Å²) in [6.45, 7) is 6.20. The summed E-state index contributed by atoms with van der Waals surface area (Å²) in [5, 5.41) is 21.1. The Hall–Kier alpha value is -3.31. The number of nitrogens with zero attached hydrogens (tertiary/aromatic N) is 6. The zero-order chi connectivity index (χ0) is 24.1. The van der Waals surface area contributed by atoms with Gasteiger partial charge in [0.1, 0.15) is 10.8 Å². The molecule has 0 spiro atoms. The third-order valence-corrected chi connectivity index (χ3v) is 7.31. The van der Waals surface area contributed by atoms with E-state index in [1.807, 2.05) is 11.6 Å². The van der Waals surface area contributed by atoms with Gasteiger partial charge in [-0.1, -0.05) is 23.1 Å². The molecular formula is C23H24FN7OS2. The molecule has 1 amide bonds. The van der Waals surface area contributed by atoms with Gasteiger partial charge in [-0.05, 0) is 62.4 Å². The molecule has 2 aromatic heterocycles. The normalized spacial score (nSPS) is 10.9. The van der Waals surface area contributed by atoms with Gasteiger partial charge >= 0.3 is 0 Å². The van der Waals surface area contributed by atoms with E-state index in [2.05, 4.69) is 68.7 Å². The molecule has 1 N–H and O–H groups in total. The molecule has 0 radical (unpaired) electrons. The van der Waals surface area contributed by atoms with Gasteiger partial charge in [-0.2, -0.15) is 0 Å². The van der Waals surface area contributed by atoms with Gasteiger partial charge in [0.15, 0.2) is 11.0 Å². The Kier molecular flexibility index (Phi) is 7.53. The lowest BCUT2D eigenvalue weighted by molar-refractivity contribution is 0.102. The Bertz CT molecular complexity index is 1250. The fraction of sp³-hybridized carbons (Fsp3) is 0.261. The summed E-state index contributed by atoms with van der Waals surface area (Å²) < 4.78 is 15.0. The summed E-state index contributed by atoms with van der Waals surface area (Å²) in [7, 11) is 1.93. The zero-order valence-electron chi connectivity index (χ0n) is 19.0. The van der Waals surface area contributed by atoms with Crippen LogP contribution in [0.3, 0.4) is 0 Å². The molecule has 0 bridgehead atoms. The second-order valence-electron chi connectivity index (χ2n) is 7.34. The lowest BCUT2D eigenvalue weighted by Gasteiger charge is -2.21. The average Bonchev–Trinajstić information content (AvgIpc) is 3.47. The summed E-state index contributed by atoms with van der Waals surface area (Å²) >= 11 is 2.69. The van der Waals surface area contributed by atoms with Gasteiger partial charge in [-0.25, -0.2) is 4.39 Å². The van der Waals surface area contributed by atoms with E-state index >= 15 is 0 Å². The Labute approximate surface area is 205 Å². The molecule has 0 aliphatic heterocycles. The minimum absolute atomic E-state index is 0.242. The van der Waals surface area contributed by atoms with Crippen LogP contribution in [0.15, 0.2) is 53.7 Å². The van der Waals surface area contributed by atoms with E-state index in [1.54, 1.807) is 0 Å². The van der Waals surface area contributed by atoms with Crippen LogP contribution >= 0.6 is 23.1 Å². The Morgan fingerprint density at radius 2 is 1.74 bits per heavy atom. The molecule has 0 saturated carbocycles. The predicted octanol–water partition coefficient (Wildman–Crippen LogP) is 4.86. The number of anilines is 2. The van der Waals surface area contributed by atoms with Gasteiger partial charge in [0.05, 0.1) is 5.75 Å². The minimum atomic E-state index is -0.380. The quantitative estimate of drug-likeness (QED) is 0.330. The van der Waals surface area contributed by atoms with Crippen LogP contribution in [0.2, 0.25) is 0 Å². The summed E-state index contributed by atoms with van der Waals surface area (Å²) in [6.07, 6.45) is 0. The predicted molar refractivity (Wildman–Crippen MR) is 134 cm³/mol. The van der Waals surface area contributed by atoms with Crippen molar-refractivity contribution in [1.29, 1.82) is 0 Å². The Balaban J connectivity index is 1.38. The number of halogens is 1. The molecular weight excluding hydrogens is 473 g/mol. The monoisotopic (exact) mass is 497 g/mol. The van der Waals surface area contributed by atoms with Gasteiger partial charge in [0.2, 0.25) is 5.01 Å². The molecule has 2 aromatic carbocycles. The van der Waals surface area contributed by atoms with E-state index in [9.17, 15) is 9.18 Å². The van der Waals surface area contributed by atoms with Crippen LogP contribution in [0, 0.1) is 5.82 Å². The van der Waals surface area contributed by atoms with Gasteiger partial charge in [-0.3, -0.25) is 4.79 Å². The molecule has 0 aliphatic rings. The lowest BCUT2D eigenvalue weighted by atomic mass is 10.2. The standard InChI is InChI=1S/C23H24FN7OS2/c1-4-31(5-2)18-12-6-15(7-13-18)20-27-29-23(30(20)3)33-14-19-26-28-22(34-19)21(32)25-17-10-8-16(24)9-11-17/h6-13H,4-5,14H2,1-3H3,(H,25,32). The maximum Gasteiger partial charge on any atom is 0.286 e. The smallest absolute Gasteiger partial charge is 0.286 e. The third-order valence-electron chi connectivity index (χ3n) is 5.18. The van der Waals surface area contributed by atoms with Crippen LogP contribution in [0.5, 0.6) is 0 Å². The molecule has 34 heavy (non-hydrogen) atoms. The number of hydrogen-bond donors (Lipinski definition) is 1. The van der Waals surface area contributed by atoms with Crippen molar-refractivity contribution in [1.82, 2.24) is 25.0 Å². The second-order valence-corrected chi connectivity index (χ2v) is 9.34. The average molecular weight is 498 g/mol. The van der Waals surface area contributed by atoms with Crippen molar-refractivity contribution in [2.24, 2.45) is 7.05 Å². The van der Waals surface area contributed by atoms with Crippen LogP contribution in [0.25, 0.3) is 11.4 Å². The number of carbonyl (C=O) groups is 1. The summed E-state index contributed by atoms with van der Waals surface area (Å²) in [6, 6.07) is 13.9. The molecule has 0 aliphatic carbocycles. The molecule has 8 nitrogen and oxygen atoms in total. The zero-order valence-corrected chi connectivity index (χ0v) is 20.7. The molecule has 0 atom stereocenters.